The van der Waals surface area contributed by atoms with E-state index in [2.05, 4.69) is 18.1 Å². The molecule has 0 aliphatic carbocycles. The van der Waals surface area contributed by atoms with Gasteiger partial charge in [-0.25, -0.2) is 4.79 Å². The van der Waals surface area contributed by atoms with Crippen LogP contribution in [-0.2, 0) is 4.79 Å². The number of halogens is 1. The Hall–Kier alpha value is -3.22. The molecule has 0 heterocycles. The zero-order valence-corrected chi connectivity index (χ0v) is 17.0. The van der Waals surface area contributed by atoms with Gasteiger partial charge < -0.3 is 9.84 Å². The molecule has 0 bridgehead atoms. The van der Waals surface area contributed by atoms with Crippen molar-refractivity contribution in [2.24, 2.45) is 0 Å². The normalized spacial score (nSPS) is 12.4. The van der Waals surface area contributed by atoms with Crippen LogP contribution in [0.5, 0.6) is 5.75 Å². The standard InChI is InChI=1S/C25H23ClO3/c1-3-5-9-19(4-2)25(23(16-17-26)20-10-7-6-8-11-20)21-12-14-22(15-13-21)29-18-24(27)28/h1,4-15H,16-18H2,2H3,(H,27,28)/b9-5-,19-4+,25-23-. The van der Waals surface area contributed by atoms with E-state index in [1.54, 1.807) is 18.2 Å². The lowest BCUT2D eigenvalue weighted by Crippen LogP contribution is -2.09. The predicted octanol–water partition coefficient (Wildman–Crippen LogP) is 5.83. The molecule has 0 spiro atoms. The molecule has 0 aliphatic rings. The number of carboxylic acids is 1. The predicted molar refractivity (Wildman–Crippen MR) is 120 cm³/mol. The molecule has 0 fully saturated rings. The van der Waals surface area contributed by atoms with Gasteiger partial charge >= 0.3 is 5.97 Å². The molecule has 0 amide bonds. The molecule has 0 unspecified atom stereocenters. The summed E-state index contributed by atoms with van der Waals surface area (Å²) in [5, 5.41) is 8.79. The van der Waals surface area contributed by atoms with Crippen molar-refractivity contribution in [1.29, 1.82) is 0 Å². The molecule has 2 aromatic rings. The Bertz CT molecular complexity index is 946. The van der Waals surface area contributed by atoms with Crippen LogP contribution in [0.25, 0.3) is 11.1 Å². The second-order valence-electron chi connectivity index (χ2n) is 6.11. The molecule has 0 saturated carbocycles. The lowest BCUT2D eigenvalue weighted by molar-refractivity contribution is -0.139. The summed E-state index contributed by atoms with van der Waals surface area (Å²) in [4.78, 5) is 10.7. The van der Waals surface area contributed by atoms with Crippen molar-refractivity contribution in [3.63, 3.8) is 0 Å². The average Bonchev–Trinajstić information content (AvgIpc) is 2.75. The molecular formula is C25H23ClO3. The highest BCUT2D eigenvalue weighted by Gasteiger charge is 2.14. The molecule has 0 saturated heterocycles. The minimum absolute atomic E-state index is 0.380. The summed E-state index contributed by atoms with van der Waals surface area (Å²) in [6, 6.07) is 17.4. The Balaban J connectivity index is 2.62. The first-order valence-corrected chi connectivity index (χ1v) is 9.73. The molecule has 148 valence electrons. The summed E-state index contributed by atoms with van der Waals surface area (Å²) in [6.07, 6.45) is 11.7. The zero-order valence-electron chi connectivity index (χ0n) is 16.3. The number of alkyl halides is 1. The van der Waals surface area contributed by atoms with Gasteiger partial charge in [-0.15, -0.1) is 18.0 Å². The molecule has 1 N–H and O–H groups in total. The largest absolute Gasteiger partial charge is 0.482 e. The van der Waals surface area contributed by atoms with Gasteiger partial charge in [-0.05, 0) is 65.5 Å². The fourth-order valence-corrected chi connectivity index (χ4v) is 3.18. The van der Waals surface area contributed by atoms with Crippen LogP contribution in [0, 0.1) is 12.3 Å². The molecule has 2 rings (SSSR count). The van der Waals surface area contributed by atoms with E-state index in [0.717, 1.165) is 27.8 Å². The number of aliphatic carboxylic acids is 1. The number of benzene rings is 2. The number of hydrogen-bond acceptors (Lipinski definition) is 2. The third-order valence-corrected chi connectivity index (χ3v) is 4.42. The monoisotopic (exact) mass is 406 g/mol. The van der Waals surface area contributed by atoms with Crippen molar-refractivity contribution in [2.75, 3.05) is 12.5 Å². The van der Waals surface area contributed by atoms with Crippen LogP contribution in [0.3, 0.4) is 0 Å². The van der Waals surface area contributed by atoms with Crippen molar-refractivity contribution >= 4 is 28.7 Å². The van der Waals surface area contributed by atoms with E-state index in [4.69, 9.17) is 27.9 Å². The van der Waals surface area contributed by atoms with Gasteiger partial charge in [0.1, 0.15) is 5.75 Å². The maximum Gasteiger partial charge on any atom is 0.341 e. The fourth-order valence-electron chi connectivity index (χ4n) is 2.99. The van der Waals surface area contributed by atoms with Crippen LogP contribution in [-0.4, -0.2) is 23.6 Å². The number of terminal acetylenes is 1. The number of carbonyl (C=O) groups is 1. The SMILES string of the molecule is C#C\C=C/C(=C\C)C(=C(\CCCl)c1ccccc1)/c1ccc(OCC(=O)O)cc1. The van der Waals surface area contributed by atoms with Crippen LogP contribution in [0.4, 0.5) is 0 Å². The van der Waals surface area contributed by atoms with Gasteiger partial charge in [-0.1, -0.05) is 54.5 Å². The molecule has 4 heteroatoms. The van der Waals surface area contributed by atoms with Gasteiger partial charge in [-0.3, -0.25) is 0 Å². The highest BCUT2D eigenvalue weighted by Crippen LogP contribution is 2.36. The van der Waals surface area contributed by atoms with Crippen LogP contribution >= 0.6 is 11.6 Å². The van der Waals surface area contributed by atoms with E-state index in [0.29, 0.717) is 18.1 Å². The first kappa shape index (κ1) is 22.1. The van der Waals surface area contributed by atoms with Gasteiger partial charge in [0.05, 0.1) is 0 Å². The van der Waals surface area contributed by atoms with Crippen molar-refractivity contribution in [2.45, 2.75) is 13.3 Å². The summed E-state index contributed by atoms with van der Waals surface area (Å²) in [5.74, 6) is 2.50. The topological polar surface area (TPSA) is 46.5 Å². The first-order chi connectivity index (χ1) is 14.1. The van der Waals surface area contributed by atoms with Crippen molar-refractivity contribution in [3.05, 3.63) is 89.5 Å². The first-order valence-electron chi connectivity index (χ1n) is 9.19. The summed E-state index contributed by atoms with van der Waals surface area (Å²) in [5.41, 5.74) is 5.16. The lowest BCUT2D eigenvalue weighted by atomic mass is 9.87. The van der Waals surface area contributed by atoms with E-state index in [-0.39, 0.29) is 6.61 Å². The van der Waals surface area contributed by atoms with Crippen LogP contribution < -0.4 is 4.74 Å². The second kappa shape index (κ2) is 11.6. The van der Waals surface area contributed by atoms with Gasteiger partial charge in [0.25, 0.3) is 0 Å². The minimum atomic E-state index is -1.02. The number of carboxylic acid groups (broad SMARTS) is 1. The fraction of sp³-hybridized carbons (Fsp3) is 0.160. The third kappa shape index (κ3) is 6.41. The van der Waals surface area contributed by atoms with Crippen molar-refractivity contribution in [3.8, 4) is 18.1 Å². The summed E-state index contributed by atoms with van der Waals surface area (Å²) >= 11 is 6.15. The number of hydrogen-bond donors (Lipinski definition) is 1. The van der Waals surface area contributed by atoms with Crippen molar-refractivity contribution < 1.29 is 14.6 Å². The summed E-state index contributed by atoms with van der Waals surface area (Å²) < 4.78 is 5.25. The van der Waals surface area contributed by atoms with Gasteiger partial charge in [0.2, 0.25) is 0 Å². The van der Waals surface area contributed by atoms with Gasteiger partial charge in [0.15, 0.2) is 6.61 Å². The minimum Gasteiger partial charge on any atom is -0.482 e. The molecule has 0 aliphatic heterocycles. The zero-order chi connectivity index (χ0) is 21.1. The highest BCUT2D eigenvalue weighted by atomic mass is 35.5. The number of rotatable bonds is 9. The Morgan fingerprint density at radius 1 is 1.14 bits per heavy atom. The molecule has 3 nitrogen and oxygen atoms in total. The molecule has 2 aromatic carbocycles. The van der Waals surface area contributed by atoms with Gasteiger partial charge in [0, 0.05) is 5.88 Å². The third-order valence-electron chi connectivity index (χ3n) is 4.23. The maximum atomic E-state index is 10.7. The Labute approximate surface area is 177 Å². The highest BCUT2D eigenvalue weighted by molar-refractivity contribution is 6.18. The quantitative estimate of drug-likeness (QED) is 0.247. The molecule has 29 heavy (non-hydrogen) atoms. The Morgan fingerprint density at radius 2 is 1.83 bits per heavy atom. The van der Waals surface area contributed by atoms with E-state index in [1.165, 1.54) is 0 Å². The van der Waals surface area contributed by atoms with Crippen molar-refractivity contribution in [1.82, 2.24) is 0 Å². The van der Waals surface area contributed by atoms with Gasteiger partial charge in [-0.2, -0.15) is 0 Å². The smallest absolute Gasteiger partial charge is 0.341 e. The Morgan fingerprint density at radius 3 is 2.38 bits per heavy atom. The van der Waals surface area contributed by atoms with E-state index < -0.39 is 5.97 Å². The molecule has 0 radical (unpaired) electrons. The van der Waals surface area contributed by atoms with Crippen LogP contribution in [0.1, 0.15) is 24.5 Å². The lowest BCUT2D eigenvalue weighted by Gasteiger charge is -2.18. The second-order valence-corrected chi connectivity index (χ2v) is 6.49. The molecule has 0 aromatic heterocycles. The maximum absolute atomic E-state index is 10.7. The average molecular weight is 407 g/mol. The van der Waals surface area contributed by atoms with Crippen LogP contribution in [0.2, 0.25) is 0 Å². The number of allylic oxidation sites excluding steroid dienone is 6. The van der Waals surface area contributed by atoms with E-state index >= 15 is 0 Å². The summed E-state index contributed by atoms with van der Waals surface area (Å²) in [6.45, 7) is 1.58. The number of ether oxygens (including phenoxy) is 1. The van der Waals surface area contributed by atoms with Crippen LogP contribution in [0.15, 0.2) is 78.4 Å². The Kier molecular flexibility index (Phi) is 8.82. The van der Waals surface area contributed by atoms with E-state index in [1.807, 2.05) is 49.4 Å². The van der Waals surface area contributed by atoms with E-state index in [9.17, 15) is 4.79 Å². The molecule has 0 atom stereocenters. The molecular weight excluding hydrogens is 384 g/mol. The summed E-state index contributed by atoms with van der Waals surface area (Å²) in [7, 11) is 0.